The van der Waals surface area contributed by atoms with Crippen LogP contribution in [0.15, 0.2) is 4.42 Å². The second-order valence-electron chi connectivity index (χ2n) is 2.52. The Morgan fingerprint density at radius 3 is 2.64 bits per heavy atom. The summed E-state index contributed by atoms with van der Waals surface area (Å²) < 4.78 is 4.86. The van der Waals surface area contributed by atoms with E-state index in [-0.39, 0.29) is 11.7 Å². The summed E-state index contributed by atoms with van der Waals surface area (Å²) in [7, 11) is 0. The first-order valence-electron chi connectivity index (χ1n) is 3.50. The maximum absolute atomic E-state index is 9.19. The Hall–Kier alpha value is -1.38. The summed E-state index contributed by atoms with van der Waals surface area (Å²) in [6.45, 7) is 0. The molecule has 3 heteroatoms. The molecule has 0 unspecified atom stereocenters. The molecule has 0 saturated heterocycles. The molecule has 2 N–H and O–H groups in total. The maximum atomic E-state index is 9.19. The largest absolute Gasteiger partial charge is 0.501 e. The highest BCUT2D eigenvalue weighted by molar-refractivity contribution is 5.44. The highest BCUT2D eigenvalue weighted by Crippen LogP contribution is 2.17. The first kappa shape index (κ1) is 6.34. The molecule has 0 fully saturated rings. The molecule has 1 aliphatic rings. The van der Waals surface area contributed by atoms with Gasteiger partial charge in [0.15, 0.2) is 0 Å². The van der Waals surface area contributed by atoms with Gasteiger partial charge in [-0.25, -0.2) is 0 Å². The lowest BCUT2D eigenvalue weighted by Gasteiger charge is -1.90. The van der Waals surface area contributed by atoms with Crippen LogP contribution in [0, 0.1) is 0 Å². The molecule has 0 aliphatic heterocycles. The van der Waals surface area contributed by atoms with Crippen LogP contribution in [0.25, 0.3) is 12.2 Å². The minimum atomic E-state index is -0.385. The highest BCUT2D eigenvalue weighted by atomic mass is 16.5. The summed E-state index contributed by atoms with van der Waals surface area (Å²) in [5.41, 5.74) is 0.575. The third-order valence-corrected chi connectivity index (χ3v) is 1.77. The monoisotopic (exact) mass is 152 g/mol. The van der Waals surface area contributed by atoms with E-state index in [1.165, 1.54) is 0 Å². The van der Waals surface area contributed by atoms with E-state index in [9.17, 15) is 5.11 Å². The minimum Gasteiger partial charge on any atom is -0.501 e. The van der Waals surface area contributed by atoms with Gasteiger partial charge >= 0.3 is 5.95 Å². The van der Waals surface area contributed by atoms with Crippen LogP contribution in [-0.2, 0) is 0 Å². The molecule has 1 aromatic heterocycles. The van der Waals surface area contributed by atoms with Crippen molar-refractivity contribution in [1.29, 1.82) is 0 Å². The summed E-state index contributed by atoms with van der Waals surface area (Å²) in [6.07, 6.45) is 5.50. The molecule has 3 nitrogen and oxygen atoms in total. The van der Waals surface area contributed by atoms with E-state index in [2.05, 4.69) is 0 Å². The van der Waals surface area contributed by atoms with Crippen LogP contribution in [0.2, 0.25) is 0 Å². The van der Waals surface area contributed by atoms with E-state index < -0.39 is 0 Å². The van der Waals surface area contributed by atoms with Gasteiger partial charge < -0.3 is 14.6 Å². The molecule has 0 bridgehead atoms. The Morgan fingerprint density at radius 1 is 1.18 bits per heavy atom. The summed E-state index contributed by atoms with van der Waals surface area (Å²) in [6, 6.07) is 0. The van der Waals surface area contributed by atoms with Crippen LogP contribution in [0.4, 0.5) is 0 Å². The third-order valence-electron chi connectivity index (χ3n) is 1.77. The quantitative estimate of drug-likeness (QED) is 0.552. The van der Waals surface area contributed by atoms with Gasteiger partial charge in [-0.15, -0.1) is 0 Å². The van der Waals surface area contributed by atoms with Gasteiger partial charge in [-0.2, -0.15) is 0 Å². The average molecular weight is 152 g/mol. The van der Waals surface area contributed by atoms with E-state index in [0.29, 0.717) is 10.6 Å². The molecule has 1 aliphatic carbocycles. The van der Waals surface area contributed by atoms with E-state index in [0.717, 1.165) is 12.8 Å². The van der Waals surface area contributed by atoms with Crippen molar-refractivity contribution >= 4 is 12.2 Å². The zero-order valence-electron chi connectivity index (χ0n) is 5.87. The summed E-state index contributed by atoms with van der Waals surface area (Å²) in [4.78, 5) is 0. The Morgan fingerprint density at radius 2 is 1.91 bits per heavy atom. The van der Waals surface area contributed by atoms with Gasteiger partial charge in [-0.3, -0.25) is 0 Å². The van der Waals surface area contributed by atoms with Crippen LogP contribution >= 0.6 is 0 Å². The first-order valence-corrected chi connectivity index (χ1v) is 3.50. The predicted octanol–water partition coefficient (Wildman–Crippen LogP) is 0.0456. The number of hydrogen-bond donors (Lipinski definition) is 2. The van der Waals surface area contributed by atoms with Crippen LogP contribution in [0.5, 0.6) is 11.7 Å². The average Bonchev–Trinajstić information content (AvgIpc) is 2.30. The first-order chi connectivity index (χ1) is 5.29. The Labute approximate surface area is 62.9 Å². The topological polar surface area (TPSA) is 53.6 Å². The van der Waals surface area contributed by atoms with E-state index in [4.69, 9.17) is 9.52 Å². The van der Waals surface area contributed by atoms with Gasteiger partial charge in [0, 0.05) is 0 Å². The smallest absolute Gasteiger partial charge is 0.327 e. The zero-order chi connectivity index (χ0) is 7.84. The highest BCUT2D eigenvalue weighted by Gasteiger charge is 2.09. The van der Waals surface area contributed by atoms with Crippen molar-refractivity contribution in [1.82, 2.24) is 0 Å². The van der Waals surface area contributed by atoms with Crippen molar-refractivity contribution in [2.24, 2.45) is 0 Å². The molecule has 0 spiro atoms. The Kier molecular flexibility index (Phi) is 1.18. The Balaban J connectivity index is 2.89. The number of fused-ring (bicyclic) bond motifs is 1. The van der Waals surface area contributed by atoms with Crippen LogP contribution < -0.4 is 10.6 Å². The number of hydrogen-bond acceptors (Lipinski definition) is 3. The van der Waals surface area contributed by atoms with Gasteiger partial charge in [0.2, 0.25) is 5.75 Å². The Bertz CT molecular complexity index is 386. The van der Waals surface area contributed by atoms with Crippen LogP contribution in [0.1, 0.15) is 12.8 Å². The molecule has 11 heavy (non-hydrogen) atoms. The maximum Gasteiger partial charge on any atom is 0.327 e. The fraction of sp³-hybridized carbons (Fsp3) is 0.250. The lowest BCUT2D eigenvalue weighted by molar-refractivity contribution is 0.299. The predicted molar refractivity (Wildman–Crippen MR) is 39.5 cm³/mol. The van der Waals surface area contributed by atoms with Gasteiger partial charge in [0.25, 0.3) is 0 Å². The van der Waals surface area contributed by atoms with Crippen molar-refractivity contribution < 1.29 is 14.6 Å². The van der Waals surface area contributed by atoms with Gasteiger partial charge in [0.1, 0.15) is 5.42 Å². The zero-order valence-corrected chi connectivity index (χ0v) is 5.87. The van der Waals surface area contributed by atoms with Gasteiger partial charge in [-0.1, -0.05) is 6.08 Å². The summed E-state index contributed by atoms with van der Waals surface area (Å²) >= 11 is 0. The molecular formula is C8H8O3. The molecule has 0 aromatic carbocycles. The number of rotatable bonds is 0. The molecule has 0 saturated carbocycles. The van der Waals surface area contributed by atoms with E-state index in [1.54, 1.807) is 0 Å². The van der Waals surface area contributed by atoms with Crippen molar-refractivity contribution in [3.8, 4) is 11.7 Å². The summed E-state index contributed by atoms with van der Waals surface area (Å²) in [5, 5.41) is 18.8. The van der Waals surface area contributed by atoms with Crippen LogP contribution in [0.3, 0.4) is 0 Å². The second-order valence-corrected chi connectivity index (χ2v) is 2.52. The van der Waals surface area contributed by atoms with Crippen molar-refractivity contribution in [3.05, 3.63) is 10.6 Å². The summed E-state index contributed by atoms with van der Waals surface area (Å²) in [5.74, 6) is -0.527. The van der Waals surface area contributed by atoms with Crippen LogP contribution in [-0.4, -0.2) is 10.2 Å². The standard InChI is InChI=1S/C8H8O3/c9-7-5-3-1-2-4-6(5)11-8(7)10/h3-4,9-10H,1-2H2. The molecule has 2 rings (SSSR count). The van der Waals surface area contributed by atoms with E-state index in [1.807, 2.05) is 12.2 Å². The van der Waals surface area contributed by atoms with Gasteiger partial charge in [0.05, 0.1) is 5.22 Å². The van der Waals surface area contributed by atoms with Crippen molar-refractivity contribution in [3.63, 3.8) is 0 Å². The van der Waals surface area contributed by atoms with Crippen molar-refractivity contribution in [2.75, 3.05) is 0 Å². The minimum absolute atomic E-state index is 0.143. The molecule has 0 radical (unpaired) electrons. The fourth-order valence-corrected chi connectivity index (χ4v) is 1.23. The molecule has 1 heterocycles. The SMILES string of the molecule is Oc1oc2c(c1O)=CCCC=2. The number of aromatic hydroxyl groups is 2. The molecular weight excluding hydrogens is 144 g/mol. The lowest BCUT2D eigenvalue weighted by Crippen LogP contribution is -2.21. The normalized spacial score (nSPS) is 14.9. The van der Waals surface area contributed by atoms with E-state index >= 15 is 0 Å². The molecule has 0 atom stereocenters. The van der Waals surface area contributed by atoms with Gasteiger partial charge in [-0.05, 0) is 18.9 Å². The second kappa shape index (κ2) is 2.05. The molecule has 58 valence electrons. The third kappa shape index (κ3) is 0.808. The fourth-order valence-electron chi connectivity index (χ4n) is 1.23. The molecule has 0 amide bonds. The molecule has 1 aromatic rings. The number of furan rings is 1. The lowest BCUT2D eigenvalue weighted by atomic mass is 10.2. The van der Waals surface area contributed by atoms with Crippen molar-refractivity contribution in [2.45, 2.75) is 12.8 Å².